The minimum atomic E-state index is -4.09. The molecule has 2 aromatic carbocycles. The van der Waals surface area contributed by atoms with Gasteiger partial charge in [-0.3, -0.25) is 4.98 Å². The molecule has 4 rings (SSSR count). The first kappa shape index (κ1) is 18.8. The normalized spacial score (nSPS) is 15.9. The lowest BCUT2D eigenvalue weighted by molar-refractivity contribution is 0.382. The molecule has 0 aliphatic carbocycles. The smallest absolute Gasteiger partial charge is 0.246 e. The number of rotatable bonds is 3. The number of halogens is 2. The summed E-state index contributed by atoms with van der Waals surface area (Å²) in [4.78, 5) is 5.85. The molecule has 1 saturated heterocycles. The van der Waals surface area contributed by atoms with Gasteiger partial charge in [0.15, 0.2) is 0 Å². The fourth-order valence-corrected chi connectivity index (χ4v) is 5.00. The molecule has 3 aromatic rings. The number of aromatic nitrogens is 1. The quantitative estimate of drug-likeness (QED) is 0.673. The van der Waals surface area contributed by atoms with Gasteiger partial charge in [-0.1, -0.05) is 11.6 Å². The fraction of sp³-hybridized carbons (Fsp3) is 0.250. The second-order valence-corrected chi connectivity index (χ2v) is 8.72. The van der Waals surface area contributed by atoms with E-state index in [0.29, 0.717) is 13.1 Å². The Morgan fingerprint density at radius 2 is 1.71 bits per heavy atom. The van der Waals surface area contributed by atoms with Gasteiger partial charge in [0.1, 0.15) is 16.5 Å². The van der Waals surface area contributed by atoms with Crippen molar-refractivity contribution in [3.63, 3.8) is 0 Å². The second-order valence-electron chi connectivity index (χ2n) is 6.82. The Balaban J connectivity index is 1.59. The highest BCUT2D eigenvalue weighted by Crippen LogP contribution is 2.28. The summed E-state index contributed by atoms with van der Waals surface area (Å²) < 4.78 is 54.1. The minimum absolute atomic E-state index is 0.188. The van der Waals surface area contributed by atoms with Crippen molar-refractivity contribution in [1.29, 1.82) is 0 Å². The van der Waals surface area contributed by atoms with Crippen LogP contribution in [-0.4, -0.2) is 43.9 Å². The van der Waals surface area contributed by atoms with Crippen molar-refractivity contribution in [3.05, 3.63) is 65.9 Å². The third-order valence-electron chi connectivity index (χ3n) is 4.96. The SMILES string of the molecule is Cc1ccc2nccc(N3CCN(S(=O)(=O)c4cc(F)ccc4F)CC3)c2c1. The van der Waals surface area contributed by atoms with Crippen molar-refractivity contribution in [1.82, 2.24) is 9.29 Å². The lowest BCUT2D eigenvalue weighted by atomic mass is 10.1. The summed E-state index contributed by atoms with van der Waals surface area (Å²) in [5.74, 6) is -1.73. The van der Waals surface area contributed by atoms with Gasteiger partial charge in [0, 0.05) is 43.4 Å². The third-order valence-corrected chi connectivity index (χ3v) is 6.88. The van der Waals surface area contributed by atoms with Gasteiger partial charge in [-0.2, -0.15) is 4.31 Å². The van der Waals surface area contributed by atoms with Crippen LogP contribution < -0.4 is 4.90 Å². The average molecular weight is 403 g/mol. The van der Waals surface area contributed by atoms with E-state index >= 15 is 0 Å². The number of nitrogens with zero attached hydrogens (tertiary/aromatic N) is 3. The molecule has 1 aliphatic rings. The Morgan fingerprint density at radius 1 is 0.964 bits per heavy atom. The summed E-state index contributed by atoms with van der Waals surface area (Å²) >= 11 is 0. The topological polar surface area (TPSA) is 53.5 Å². The molecular formula is C20H19F2N3O2S. The van der Waals surface area contributed by atoms with Crippen molar-refractivity contribution < 1.29 is 17.2 Å². The van der Waals surface area contributed by atoms with Crippen LogP contribution in [0, 0.1) is 18.6 Å². The highest BCUT2D eigenvalue weighted by Gasteiger charge is 2.31. The summed E-state index contributed by atoms with van der Waals surface area (Å²) in [5, 5.41) is 1.01. The number of hydrogen-bond acceptors (Lipinski definition) is 4. The molecule has 28 heavy (non-hydrogen) atoms. The van der Waals surface area contributed by atoms with E-state index in [-0.39, 0.29) is 13.1 Å². The van der Waals surface area contributed by atoms with E-state index in [4.69, 9.17) is 0 Å². The third kappa shape index (κ3) is 3.33. The van der Waals surface area contributed by atoms with Crippen LogP contribution in [0.2, 0.25) is 0 Å². The van der Waals surface area contributed by atoms with Crippen LogP contribution in [0.25, 0.3) is 10.9 Å². The lowest BCUT2D eigenvalue weighted by Crippen LogP contribution is -2.48. The van der Waals surface area contributed by atoms with Crippen LogP contribution in [0.3, 0.4) is 0 Å². The lowest BCUT2D eigenvalue weighted by Gasteiger charge is -2.35. The van der Waals surface area contributed by atoms with E-state index in [1.165, 1.54) is 4.31 Å². The summed E-state index contributed by atoms with van der Waals surface area (Å²) in [5.41, 5.74) is 2.98. The number of pyridine rings is 1. The molecule has 2 heterocycles. The molecule has 0 bridgehead atoms. The summed E-state index contributed by atoms with van der Waals surface area (Å²) in [6, 6.07) is 10.4. The van der Waals surface area contributed by atoms with E-state index in [1.807, 2.05) is 25.1 Å². The van der Waals surface area contributed by atoms with Crippen LogP contribution in [0.5, 0.6) is 0 Å². The van der Waals surface area contributed by atoms with Gasteiger partial charge in [0.25, 0.3) is 0 Å². The molecule has 1 aliphatic heterocycles. The molecule has 0 saturated carbocycles. The monoisotopic (exact) mass is 403 g/mol. The summed E-state index contributed by atoms with van der Waals surface area (Å²) in [6.45, 7) is 3.28. The predicted octanol–water partition coefficient (Wildman–Crippen LogP) is 3.33. The van der Waals surface area contributed by atoms with Gasteiger partial charge in [0.2, 0.25) is 10.0 Å². The van der Waals surface area contributed by atoms with Crippen LogP contribution in [0.15, 0.2) is 53.6 Å². The van der Waals surface area contributed by atoms with Crippen molar-refractivity contribution in [2.75, 3.05) is 31.1 Å². The molecule has 1 aromatic heterocycles. The van der Waals surface area contributed by atoms with E-state index in [9.17, 15) is 17.2 Å². The molecule has 0 amide bonds. The highest BCUT2D eigenvalue weighted by molar-refractivity contribution is 7.89. The first-order chi connectivity index (χ1) is 13.4. The maximum atomic E-state index is 14.0. The van der Waals surface area contributed by atoms with E-state index in [1.54, 1.807) is 6.20 Å². The highest BCUT2D eigenvalue weighted by atomic mass is 32.2. The maximum absolute atomic E-state index is 14.0. The van der Waals surface area contributed by atoms with Gasteiger partial charge in [-0.15, -0.1) is 0 Å². The molecule has 0 radical (unpaired) electrons. The van der Waals surface area contributed by atoms with Crippen molar-refractivity contribution in [2.24, 2.45) is 0 Å². The van der Waals surface area contributed by atoms with Gasteiger partial charge in [0.05, 0.1) is 5.52 Å². The minimum Gasteiger partial charge on any atom is -0.368 e. The Hall–Kier alpha value is -2.58. The zero-order valence-electron chi connectivity index (χ0n) is 15.3. The molecule has 0 spiro atoms. The zero-order chi connectivity index (χ0) is 19.9. The molecule has 0 N–H and O–H groups in total. The van der Waals surface area contributed by atoms with Crippen molar-refractivity contribution in [3.8, 4) is 0 Å². The van der Waals surface area contributed by atoms with Gasteiger partial charge in [-0.05, 0) is 43.3 Å². The molecule has 1 fully saturated rings. The van der Waals surface area contributed by atoms with Crippen LogP contribution >= 0.6 is 0 Å². The molecular weight excluding hydrogens is 384 g/mol. The van der Waals surface area contributed by atoms with E-state index in [0.717, 1.165) is 40.4 Å². The second kappa shape index (κ2) is 7.10. The van der Waals surface area contributed by atoms with Gasteiger partial charge in [-0.25, -0.2) is 17.2 Å². The van der Waals surface area contributed by atoms with Gasteiger partial charge >= 0.3 is 0 Å². The number of piperazine rings is 1. The number of anilines is 1. The number of aryl methyl sites for hydroxylation is 1. The van der Waals surface area contributed by atoms with Crippen LogP contribution in [-0.2, 0) is 10.0 Å². The van der Waals surface area contributed by atoms with E-state index in [2.05, 4.69) is 16.0 Å². The van der Waals surface area contributed by atoms with Crippen molar-refractivity contribution >= 4 is 26.6 Å². The first-order valence-electron chi connectivity index (χ1n) is 8.92. The Bertz CT molecular complexity index is 1140. The van der Waals surface area contributed by atoms with Gasteiger partial charge < -0.3 is 4.90 Å². The molecule has 146 valence electrons. The Labute approximate surface area is 162 Å². The van der Waals surface area contributed by atoms with Crippen LogP contribution in [0.1, 0.15) is 5.56 Å². The van der Waals surface area contributed by atoms with Crippen molar-refractivity contribution in [2.45, 2.75) is 11.8 Å². The predicted molar refractivity (Wildman–Crippen MR) is 104 cm³/mol. The summed E-state index contributed by atoms with van der Waals surface area (Å²) in [6.07, 6.45) is 1.73. The molecule has 5 nitrogen and oxygen atoms in total. The number of fused-ring (bicyclic) bond motifs is 1. The van der Waals surface area contributed by atoms with E-state index < -0.39 is 26.6 Å². The molecule has 0 atom stereocenters. The number of hydrogen-bond donors (Lipinski definition) is 0. The Kier molecular flexibility index (Phi) is 4.76. The first-order valence-corrected chi connectivity index (χ1v) is 10.4. The largest absolute Gasteiger partial charge is 0.368 e. The zero-order valence-corrected chi connectivity index (χ0v) is 16.1. The molecule has 0 unspecified atom stereocenters. The Morgan fingerprint density at radius 3 is 2.46 bits per heavy atom. The van der Waals surface area contributed by atoms with Crippen LogP contribution in [0.4, 0.5) is 14.5 Å². The average Bonchev–Trinajstić information content (AvgIpc) is 2.69. The standard InChI is InChI=1S/C20H19F2N3O2S/c1-14-2-5-18-16(12-14)19(6-7-23-18)24-8-10-25(11-9-24)28(26,27)20-13-15(21)3-4-17(20)22/h2-7,12-13H,8-11H2,1H3. The fourth-order valence-electron chi connectivity index (χ4n) is 3.50. The molecule has 8 heteroatoms. The summed E-state index contributed by atoms with van der Waals surface area (Å²) in [7, 11) is -4.09. The number of benzene rings is 2. The number of sulfonamides is 1. The maximum Gasteiger partial charge on any atom is 0.246 e.